The fourth-order valence-electron chi connectivity index (χ4n) is 2.28. The Morgan fingerprint density at radius 3 is 2.90 bits per heavy atom. The van der Waals surface area contributed by atoms with Crippen LogP contribution in [0.25, 0.3) is 0 Å². The van der Waals surface area contributed by atoms with Crippen molar-refractivity contribution in [1.82, 2.24) is 10.1 Å². The molecule has 1 fully saturated rings. The third kappa shape index (κ3) is 4.02. The number of thioether (sulfide) groups is 2. The summed E-state index contributed by atoms with van der Waals surface area (Å²) in [7, 11) is 0. The molecule has 3 rings (SSSR count). The molecule has 2 heterocycles. The molecule has 1 saturated heterocycles. The summed E-state index contributed by atoms with van der Waals surface area (Å²) in [4.78, 5) is 4.53. The van der Waals surface area contributed by atoms with E-state index in [1.165, 1.54) is 5.75 Å². The summed E-state index contributed by atoms with van der Waals surface area (Å²) in [5, 5.41) is 4.51. The van der Waals surface area contributed by atoms with E-state index in [4.69, 9.17) is 10.3 Å². The fraction of sp³-hybridized carbons (Fsp3) is 0.467. The molecule has 4 nitrogen and oxygen atoms in total. The van der Waals surface area contributed by atoms with Crippen LogP contribution in [0.15, 0.2) is 34.9 Å². The molecule has 1 aliphatic heterocycles. The van der Waals surface area contributed by atoms with Crippen molar-refractivity contribution in [3.05, 3.63) is 47.6 Å². The molecule has 6 heteroatoms. The molecule has 0 bridgehead atoms. The van der Waals surface area contributed by atoms with Crippen molar-refractivity contribution in [3.8, 4) is 0 Å². The summed E-state index contributed by atoms with van der Waals surface area (Å²) in [6.45, 7) is 0. The molecule has 0 aliphatic carbocycles. The van der Waals surface area contributed by atoms with Crippen molar-refractivity contribution in [2.45, 2.75) is 24.1 Å². The van der Waals surface area contributed by atoms with Gasteiger partial charge in [-0.25, -0.2) is 0 Å². The van der Waals surface area contributed by atoms with Gasteiger partial charge in [0.2, 0.25) is 5.89 Å². The average molecular weight is 321 g/mol. The highest BCUT2D eigenvalue weighted by Crippen LogP contribution is 2.35. The van der Waals surface area contributed by atoms with E-state index in [2.05, 4.69) is 22.3 Å². The number of rotatable bonds is 5. The van der Waals surface area contributed by atoms with Gasteiger partial charge in [0.15, 0.2) is 5.82 Å². The first kappa shape index (κ1) is 14.9. The van der Waals surface area contributed by atoms with Crippen LogP contribution in [0.1, 0.15) is 35.0 Å². The van der Waals surface area contributed by atoms with Crippen LogP contribution in [0.5, 0.6) is 0 Å². The molecule has 1 aliphatic rings. The Morgan fingerprint density at radius 2 is 2.14 bits per heavy atom. The van der Waals surface area contributed by atoms with Crippen molar-refractivity contribution >= 4 is 23.5 Å². The molecule has 0 spiro atoms. The Balaban J connectivity index is 1.55. The number of aryl methyl sites for hydroxylation is 1. The lowest BCUT2D eigenvalue weighted by Gasteiger charge is -2.17. The van der Waals surface area contributed by atoms with E-state index < -0.39 is 0 Å². The van der Waals surface area contributed by atoms with Crippen molar-refractivity contribution in [3.63, 3.8) is 0 Å². The van der Waals surface area contributed by atoms with Crippen molar-refractivity contribution in [2.75, 3.05) is 17.3 Å². The highest BCUT2D eigenvalue weighted by molar-refractivity contribution is 8.06. The minimum Gasteiger partial charge on any atom is -0.339 e. The van der Waals surface area contributed by atoms with Gasteiger partial charge in [-0.05, 0) is 12.0 Å². The highest BCUT2D eigenvalue weighted by Gasteiger charge is 2.22. The predicted molar refractivity (Wildman–Crippen MR) is 88.5 cm³/mol. The number of nitrogens with zero attached hydrogens (tertiary/aromatic N) is 2. The van der Waals surface area contributed by atoms with E-state index >= 15 is 0 Å². The van der Waals surface area contributed by atoms with Gasteiger partial charge < -0.3 is 10.3 Å². The summed E-state index contributed by atoms with van der Waals surface area (Å²) < 4.78 is 5.36. The Labute approximate surface area is 133 Å². The van der Waals surface area contributed by atoms with Gasteiger partial charge in [-0.3, -0.25) is 0 Å². The SMILES string of the molecule is NC(CCc1nc(C2CSCCS2)no1)c1ccccc1. The first-order valence-corrected chi connectivity index (χ1v) is 9.35. The third-order valence-corrected chi connectivity index (χ3v) is 6.24. The fourth-order valence-corrected chi connectivity index (χ4v) is 4.87. The molecule has 0 saturated carbocycles. The number of hydrogen-bond donors (Lipinski definition) is 1. The lowest BCUT2D eigenvalue weighted by molar-refractivity contribution is 0.367. The van der Waals surface area contributed by atoms with Gasteiger partial charge in [0.25, 0.3) is 0 Å². The quantitative estimate of drug-likeness (QED) is 0.912. The van der Waals surface area contributed by atoms with Crippen LogP contribution in [0.2, 0.25) is 0 Å². The van der Waals surface area contributed by atoms with E-state index in [1.54, 1.807) is 0 Å². The van der Waals surface area contributed by atoms with Gasteiger partial charge in [-0.15, -0.1) is 11.8 Å². The molecule has 2 atom stereocenters. The molecule has 2 aromatic rings. The van der Waals surface area contributed by atoms with Crippen molar-refractivity contribution < 1.29 is 4.52 Å². The van der Waals surface area contributed by atoms with E-state index in [0.717, 1.165) is 35.7 Å². The minimum atomic E-state index is 0.0150. The molecular formula is C15H19N3OS2. The molecule has 1 aromatic heterocycles. The van der Waals surface area contributed by atoms with Gasteiger partial charge >= 0.3 is 0 Å². The standard InChI is InChI=1S/C15H19N3OS2/c16-12(11-4-2-1-3-5-11)6-7-14-17-15(18-19-14)13-10-20-8-9-21-13/h1-5,12-13H,6-10,16H2. The molecule has 0 amide bonds. The second-order valence-electron chi connectivity index (χ2n) is 5.04. The zero-order valence-electron chi connectivity index (χ0n) is 11.8. The van der Waals surface area contributed by atoms with Gasteiger partial charge in [-0.2, -0.15) is 16.7 Å². The van der Waals surface area contributed by atoms with E-state index in [9.17, 15) is 0 Å². The maximum atomic E-state index is 6.20. The van der Waals surface area contributed by atoms with Crippen LogP contribution >= 0.6 is 23.5 Å². The molecule has 2 N–H and O–H groups in total. The van der Waals surface area contributed by atoms with Crippen LogP contribution < -0.4 is 5.73 Å². The first-order chi connectivity index (χ1) is 10.3. The number of benzene rings is 1. The summed E-state index contributed by atoms with van der Waals surface area (Å²) in [6, 6.07) is 10.1. The maximum Gasteiger partial charge on any atom is 0.226 e. The summed E-state index contributed by atoms with van der Waals surface area (Å²) in [5.74, 6) is 5.01. The molecular weight excluding hydrogens is 302 g/mol. The monoisotopic (exact) mass is 321 g/mol. The van der Waals surface area contributed by atoms with Crippen LogP contribution in [-0.2, 0) is 6.42 Å². The van der Waals surface area contributed by atoms with Crippen molar-refractivity contribution in [1.29, 1.82) is 0 Å². The lowest BCUT2D eigenvalue weighted by Crippen LogP contribution is -2.11. The third-order valence-electron chi connectivity index (χ3n) is 3.48. The van der Waals surface area contributed by atoms with Gasteiger partial charge in [0.05, 0.1) is 5.25 Å². The highest BCUT2D eigenvalue weighted by atomic mass is 32.2. The molecule has 112 valence electrons. The largest absolute Gasteiger partial charge is 0.339 e. The normalized spacial score (nSPS) is 20.3. The van der Waals surface area contributed by atoms with Crippen molar-refractivity contribution in [2.24, 2.45) is 5.73 Å². The van der Waals surface area contributed by atoms with Crippen LogP contribution in [-0.4, -0.2) is 27.4 Å². The van der Waals surface area contributed by atoms with E-state index in [1.807, 2.05) is 41.7 Å². The Bertz CT molecular complexity index is 555. The van der Waals surface area contributed by atoms with Gasteiger partial charge in [0, 0.05) is 29.7 Å². The summed E-state index contributed by atoms with van der Waals surface area (Å²) in [5.41, 5.74) is 7.34. The summed E-state index contributed by atoms with van der Waals surface area (Å²) >= 11 is 3.88. The van der Waals surface area contributed by atoms with E-state index in [-0.39, 0.29) is 6.04 Å². The first-order valence-electron chi connectivity index (χ1n) is 7.15. The zero-order chi connectivity index (χ0) is 14.5. The molecule has 0 radical (unpaired) electrons. The summed E-state index contributed by atoms with van der Waals surface area (Å²) in [6.07, 6.45) is 1.55. The second-order valence-corrected chi connectivity index (χ2v) is 7.50. The van der Waals surface area contributed by atoms with Crippen LogP contribution in [0.4, 0.5) is 0 Å². The average Bonchev–Trinajstić information content (AvgIpc) is 3.03. The predicted octanol–water partition coefficient (Wildman–Crippen LogP) is 3.22. The lowest BCUT2D eigenvalue weighted by atomic mass is 10.0. The maximum absolute atomic E-state index is 6.20. The Morgan fingerprint density at radius 1 is 1.29 bits per heavy atom. The number of aromatic nitrogens is 2. The molecule has 1 aromatic carbocycles. The topological polar surface area (TPSA) is 64.9 Å². The zero-order valence-corrected chi connectivity index (χ0v) is 13.4. The van der Waals surface area contributed by atoms with Crippen LogP contribution in [0, 0.1) is 0 Å². The molecule has 2 unspecified atom stereocenters. The smallest absolute Gasteiger partial charge is 0.226 e. The number of nitrogens with two attached hydrogens (primary N) is 1. The minimum absolute atomic E-state index is 0.0150. The van der Waals surface area contributed by atoms with E-state index in [0.29, 0.717) is 11.1 Å². The van der Waals surface area contributed by atoms with Gasteiger partial charge in [0.1, 0.15) is 0 Å². The second kappa shape index (κ2) is 7.33. The Kier molecular flexibility index (Phi) is 5.22. The number of hydrogen-bond acceptors (Lipinski definition) is 6. The molecule has 21 heavy (non-hydrogen) atoms. The Hall–Kier alpha value is -0.980. The van der Waals surface area contributed by atoms with Gasteiger partial charge in [-0.1, -0.05) is 35.5 Å². The van der Waals surface area contributed by atoms with Crippen LogP contribution in [0.3, 0.4) is 0 Å².